The summed E-state index contributed by atoms with van der Waals surface area (Å²) in [5, 5.41) is 0. The smallest absolute Gasteiger partial charge is 0.326 e. The van der Waals surface area contributed by atoms with Crippen molar-refractivity contribution >= 4 is 5.97 Å². The van der Waals surface area contributed by atoms with E-state index in [0.717, 1.165) is 24.2 Å². The summed E-state index contributed by atoms with van der Waals surface area (Å²) in [5.74, 6) is 1.15. The van der Waals surface area contributed by atoms with Crippen molar-refractivity contribution in [3.05, 3.63) is 41.5 Å². The summed E-state index contributed by atoms with van der Waals surface area (Å²) in [6.45, 7) is 8.82. The molecule has 0 fully saturated rings. The van der Waals surface area contributed by atoms with E-state index < -0.39 is 5.41 Å². The number of fused-ring (bicyclic) bond motifs is 2. The van der Waals surface area contributed by atoms with Crippen LogP contribution in [-0.4, -0.2) is 5.97 Å². The molecule has 0 saturated heterocycles. The molecule has 1 aliphatic heterocycles. The predicted molar refractivity (Wildman–Crippen MR) is 79.8 cm³/mol. The fourth-order valence-electron chi connectivity index (χ4n) is 3.34. The fraction of sp³-hybridized carbons (Fsp3) is 0.500. The Labute approximate surface area is 120 Å². The highest BCUT2D eigenvalue weighted by Gasteiger charge is 2.49. The van der Waals surface area contributed by atoms with Gasteiger partial charge in [0.1, 0.15) is 11.2 Å². The summed E-state index contributed by atoms with van der Waals surface area (Å²) >= 11 is 0. The summed E-state index contributed by atoms with van der Waals surface area (Å²) in [7, 11) is 0. The van der Waals surface area contributed by atoms with E-state index in [0.29, 0.717) is 5.92 Å². The second-order valence-corrected chi connectivity index (χ2v) is 7.23. The van der Waals surface area contributed by atoms with Gasteiger partial charge in [-0.3, -0.25) is 4.79 Å². The zero-order valence-corrected chi connectivity index (χ0v) is 12.7. The number of carbonyl (C=O) groups excluding carboxylic acids is 1. The van der Waals surface area contributed by atoms with Gasteiger partial charge in [-0.1, -0.05) is 50.6 Å². The largest absolute Gasteiger partial charge is 0.425 e. The molecule has 1 aliphatic carbocycles. The van der Waals surface area contributed by atoms with Crippen LogP contribution >= 0.6 is 0 Å². The van der Waals surface area contributed by atoms with Gasteiger partial charge in [0.15, 0.2) is 0 Å². The highest BCUT2D eigenvalue weighted by Crippen LogP contribution is 2.49. The van der Waals surface area contributed by atoms with E-state index in [9.17, 15) is 4.79 Å². The van der Waals surface area contributed by atoms with Crippen LogP contribution in [0.3, 0.4) is 0 Å². The monoisotopic (exact) mass is 270 g/mol. The lowest BCUT2D eigenvalue weighted by Gasteiger charge is -2.35. The Balaban J connectivity index is 2.03. The number of hydrogen-bond donors (Lipinski definition) is 0. The Morgan fingerprint density at radius 1 is 1.30 bits per heavy atom. The first-order valence-corrected chi connectivity index (χ1v) is 7.36. The molecule has 0 N–H and O–H groups in total. The fourth-order valence-corrected chi connectivity index (χ4v) is 3.34. The first kappa shape index (κ1) is 13.4. The van der Waals surface area contributed by atoms with Crippen molar-refractivity contribution in [3.8, 4) is 5.75 Å². The van der Waals surface area contributed by atoms with Gasteiger partial charge >= 0.3 is 5.97 Å². The lowest BCUT2D eigenvalue weighted by molar-refractivity contribution is -0.137. The van der Waals surface area contributed by atoms with Crippen LogP contribution < -0.4 is 4.74 Å². The molecule has 1 aromatic rings. The number of hydrogen-bond acceptors (Lipinski definition) is 2. The summed E-state index contributed by atoms with van der Waals surface area (Å²) in [6, 6.07) is 6.01. The van der Waals surface area contributed by atoms with Crippen molar-refractivity contribution < 1.29 is 9.53 Å². The van der Waals surface area contributed by atoms with Crippen molar-refractivity contribution in [2.45, 2.75) is 46.0 Å². The molecule has 2 unspecified atom stereocenters. The first-order valence-electron chi connectivity index (χ1n) is 7.36. The van der Waals surface area contributed by atoms with Crippen LogP contribution in [0.5, 0.6) is 5.75 Å². The third kappa shape index (κ3) is 1.90. The zero-order chi connectivity index (χ0) is 14.5. The standard InChI is InChI=1S/C18H22O2/c1-12-5-6-15-14(11-12)18(16(19)20-15)9-7-13(8-10-18)17(2,3)4/h5-7,9,11,13H,8,10H2,1-4H3. The molecule has 0 radical (unpaired) electrons. The second-order valence-electron chi connectivity index (χ2n) is 7.23. The number of esters is 1. The van der Waals surface area contributed by atoms with Gasteiger partial charge in [-0.2, -0.15) is 0 Å². The van der Waals surface area contributed by atoms with E-state index in [1.54, 1.807) is 0 Å². The number of carbonyl (C=O) groups is 1. The normalized spacial score (nSPS) is 28.6. The van der Waals surface area contributed by atoms with E-state index >= 15 is 0 Å². The molecule has 0 aromatic heterocycles. The van der Waals surface area contributed by atoms with Gasteiger partial charge in [0.25, 0.3) is 0 Å². The molecule has 1 heterocycles. The topological polar surface area (TPSA) is 26.3 Å². The van der Waals surface area contributed by atoms with E-state index in [1.165, 1.54) is 5.56 Å². The van der Waals surface area contributed by atoms with E-state index in [4.69, 9.17) is 4.74 Å². The molecule has 20 heavy (non-hydrogen) atoms. The molecule has 2 aliphatic rings. The molecule has 3 rings (SSSR count). The minimum Gasteiger partial charge on any atom is -0.425 e. The molecule has 2 nitrogen and oxygen atoms in total. The van der Waals surface area contributed by atoms with Crippen molar-refractivity contribution in [2.24, 2.45) is 11.3 Å². The van der Waals surface area contributed by atoms with Gasteiger partial charge in [0.2, 0.25) is 0 Å². The Bertz CT molecular complexity index is 592. The average Bonchev–Trinajstić information content (AvgIpc) is 2.63. The van der Waals surface area contributed by atoms with Gasteiger partial charge in [-0.05, 0) is 37.2 Å². The van der Waals surface area contributed by atoms with E-state index in [1.807, 2.05) is 12.1 Å². The van der Waals surface area contributed by atoms with Crippen molar-refractivity contribution in [2.75, 3.05) is 0 Å². The Kier molecular flexibility index (Phi) is 2.82. The van der Waals surface area contributed by atoms with Gasteiger partial charge in [0.05, 0.1) is 0 Å². The number of aryl methyl sites for hydroxylation is 1. The molecule has 1 spiro atoms. The number of allylic oxidation sites excluding steroid dienone is 1. The molecule has 2 heteroatoms. The molecular formula is C18H22O2. The quantitative estimate of drug-likeness (QED) is 0.402. The lowest BCUT2D eigenvalue weighted by Crippen LogP contribution is -2.36. The Hall–Kier alpha value is -1.57. The third-order valence-electron chi connectivity index (χ3n) is 4.76. The maximum Gasteiger partial charge on any atom is 0.326 e. The predicted octanol–water partition coefficient (Wildman–Crippen LogP) is 4.16. The molecule has 106 valence electrons. The van der Waals surface area contributed by atoms with Crippen molar-refractivity contribution in [3.63, 3.8) is 0 Å². The van der Waals surface area contributed by atoms with Crippen LogP contribution in [0.1, 0.15) is 44.7 Å². The maximum atomic E-state index is 12.4. The summed E-state index contributed by atoms with van der Waals surface area (Å²) in [4.78, 5) is 12.4. The third-order valence-corrected chi connectivity index (χ3v) is 4.76. The van der Waals surface area contributed by atoms with Crippen LogP contribution in [0.2, 0.25) is 0 Å². The minimum atomic E-state index is -0.539. The summed E-state index contributed by atoms with van der Waals surface area (Å²) in [5.41, 5.74) is 1.93. The summed E-state index contributed by atoms with van der Waals surface area (Å²) < 4.78 is 5.49. The second kappa shape index (κ2) is 4.21. The molecule has 2 atom stereocenters. The molecule has 0 amide bonds. The van der Waals surface area contributed by atoms with Crippen LogP contribution in [0.4, 0.5) is 0 Å². The minimum absolute atomic E-state index is 0.110. The molecule has 1 aromatic carbocycles. The zero-order valence-electron chi connectivity index (χ0n) is 12.7. The van der Waals surface area contributed by atoms with Gasteiger partial charge in [0, 0.05) is 5.56 Å². The molecule has 0 saturated carbocycles. The highest BCUT2D eigenvalue weighted by atomic mass is 16.5. The van der Waals surface area contributed by atoms with Crippen LogP contribution in [0.15, 0.2) is 30.4 Å². The molecule has 0 bridgehead atoms. The average molecular weight is 270 g/mol. The lowest BCUT2D eigenvalue weighted by atomic mass is 9.66. The van der Waals surface area contributed by atoms with Gasteiger partial charge in [-0.15, -0.1) is 0 Å². The van der Waals surface area contributed by atoms with E-state index in [2.05, 4.69) is 45.9 Å². The van der Waals surface area contributed by atoms with Crippen molar-refractivity contribution in [1.82, 2.24) is 0 Å². The van der Waals surface area contributed by atoms with Crippen LogP contribution in [0.25, 0.3) is 0 Å². The van der Waals surface area contributed by atoms with Gasteiger partial charge < -0.3 is 4.74 Å². The van der Waals surface area contributed by atoms with E-state index in [-0.39, 0.29) is 11.4 Å². The first-order chi connectivity index (χ1) is 9.33. The Morgan fingerprint density at radius 3 is 2.65 bits per heavy atom. The number of ether oxygens (including phenoxy) is 1. The number of benzene rings is 1. The van der Waals surface area contributed by atoms with Crippen LogP contribution in [-0.2, 0) is 10.2 Å². The van der Waals surface area contributed by atoms with Crippen LogP contribution in [0, 0.1) is 18.3 Å². The Morgan fingerprint density at radius 2 is 2.05 bits per heavy atom. The number of rotatable bonds is 0. The summed E-state index contributed by atoms with van der Waals surface area (Å²) in [6.07, 6.45) is 6.20. The highest BCUT2D eigenvalue weighted by molar-refractivity contribution is 5.93. The SMILES string of the molecule is Cc1ccc2c(c1)C1(C=CC(C(C)(C)C)CC1)C(=O)O2. The van der Waals surface area contributed by atoms with Crippen molar-refractivity contribution in [1.29, 1.82) is 0 Å². The maximum absolute atomic E-state index is 12.4. The molecular weight excluding hydrogens is 248 g/mol. The van der Waals surface area contributed by atoms with Gasteiger partial charge in [-0.25, -0.2) is 0 Å².